The molecule has 0 fully saturated rings. The lowest BCUT2D eigenvalue weighted by molar-refractivity contribution is -0.118. The molecule has 21 heavy (non-hydrogen) atoms. The zero-order chi connectivity index (χ0) is 15.2. The van der Waals surface area contributed by atoms with Crippen molar-refractivity contribution >= 4 is 17.3 Å². The molecule has 2 N–H and O–H groups in total. The number of anilines is 2. The van der Waals surface area contributed by atoms with Gasteiger partial charge in [0.25, 0.3) is 0 Å². The fourth-order valence-electron chi connectivity index (χ4n) is 2.04. The number of amides is 1. The van der Waals surface area contributed by atoms with Crippen LogP contribution in [-0.4, -0.2) is 5.91 Å². The molecule has 1 heterocycles. The summed E-state index contributed by atoms with van der Waals surface area (Å²) >= 11 is 0. The van der Waals surface area contributed by atoms with Crippen LogP contribution in [0.4, 0.5) is 11.4 Å². The number of furan rings is 1. The van der Waals surface area contributed by atoms with Crippen molar-refractivity contribution in [2.45, 2.75) is 33.2 Å². The molecule has 0 aliphatic heterocycles. The van der Waals surface area contributed by atoms with Gasteiger partial charge in [0.2, 0.25) is 5.91 Å². The zero-order valence-electron chi connectivity index (χ0n) is 12.7. The quantitative estimate of drug-likeness (QED) is 0.825. The minimum absolute atomic E-state index is 0.0187. The van der Waals surface area contributed by atoms with E-state index in [-0.39, 0.29) is 17.9 Å². The van der Waals surface area contributed by atoms with Gasteiger partial charge >= 0.3 is 0 Å². The van der Waals surface area contributed by atoms with Gasteiger partial charge in [-0.1, -0.05) is 26.8 Å². The molecule has 0 aliphatic carbocycles. The van der Waals surface area contributed by atoms with Gasteiger partial charge in [-0.2, -0.15) is 0 Å². The van der Waals surface area contributed by atoms with Crippen molar-refractivity contribution in [1.29, 1.82) is 0 Å². The van der Waals surface area contributed by atoms with E-state index in [9.17, 15) is 4.79 Å². The van der Waals surface area contributed by atoms with Crippen molar-refractivity contribution in [1.82, 2.24) is 0 Å². The highest BCUT2D eigenvalue weighted by Gasteiger charge is 2.12. The van der Waals surface area contributed by atoms with Crippen LogP contribution < -0.4 is 10.6 Å². The van der Waals surface area contributed by atoms with Crippen LogP contribution in [0.15, 0.2) is 47.1 Å². The molecule has 0 aliphatic rings. The molecular formula is C17H22N2O2. The zero-order valence-corrected chi connectivity index (χ0v) is 12.7. The average molecular weight is 286 g/mol. The molecule has 0 saturated heterocycles. The summed E-state index contributed by atoms with van der Waals surface area (Å²) in [6, 6.07) is 11.7. The molecule has 1 atom stereocenters. The Morgan fingerprint density at radius 2 is 1.95 bits per heavy atom. The SMILES string of the molecule is CCC(Nc1cccc(NC(=O)C(C)C)c1)c1ccco1. The number of nitrogens with one attached hydrogen (secondary N) is 2. The summed E-state index contributed by atoms with van der Waals surface area (Å²) in [5.74, 6) is 0.896. The lowest BCUT2D eigenvalue weighted by Crippen LogP contribution is -2.17. The first-order valence-corrected chi connectivity index (χ1v) is 7.31. The van der Waals surface area contributed by atoms with E-state index in [2.05, 4.69) is 17.6 Å². The van der Waals surface area contributed by atoms with Crippen LogP contribution in [0.5, 0.6) is 0 Å². The number of carbonyl (C=O) groups excluding carboxylic acids is 1. The summed E-state index contributed by atoms with van der Waals surface area (Å²) in [7, 11) is 0. The second-order valence-electron chi connectivity index (χ2n) is 5.35. The second-order valence-corrected chi connectivity index (χ2v) is 5.35. The predicted octanol–water partition coefficient (Wildman–Crippen LogP) is 4.44. The Kier molecular flexibility index (Phi) is 5.04. The van der Waals surface area contributed by atoms with Gasteiger partial charge in [0.15, 0.2) is 0 Å². The third-order valence-corrected chi connectivity index (χ3v) is 3.29. The molecule has 4 heteroatoms. The Morgan fingerprint density at radius 1 is 1.19 bits per heavy atom. The van der Waals surface area contributed by atoms with E-state index in [1.165, 1.54) is 0 Å². The molecule has 1 aromatic carbocycles. The fraction of sp³-hybridized carbons (Fsp3) is 0.353. The molecule has 2 aromatic rings. The van der Waals surface area contributed by atoms with Crippen LogP contribution in [0.3, 0.4) is 0 Å². The lowest BCUT2D eigenvalue weighted by Gasteiger charge is -2.17. The number of benzene rings is 1. The maximum absolute atomic E-state index is 11.7. The number of carbonyl (C=O) groups is 1. The average Bonchev–Trinajstić information content (AvgIpc) is 2.99. The maximum atomic E-state index is 11.7. The standard InChI is InChI=1S/C17H22N2O2/c1-4-15(16-9-6-10-21-16)18-13-7-5-8-14(11-13)19-17(20)12(2)3/h5-12,15,18H,4H2,1-3H3,(H,19,20). The monoisotopic (exact) mass is 286 g/mol. The van der Waals surface area contributed by atoms with Crippen LogP contribution >= 0.6 is 0 Å². The Morgan fingerprint density at radius 3 is 2.57 bits per heavy atom. The molecule has 1 unspecified atom stereocenters. The summed E-state index contributed by atoms with van der Waals surface area (Å²) in [4.78, 5) is 11.7. The topological polar surface area (TPSA) is 54.3 Å². The van der Waals surface area contributed by atoms with Gasteiger partial charge in [-0.15, -0.1) is 0 Å². The molecule has 1 aromatic heterocycles. The third kappa shape index (κ3) is 4.12. The van der Waals surface area contributed by atoms with Gasteiger partial charge in [-0.25, -0.2) is 0 Å². The van der Waals surface area contributed by atoms with E-state index in [0.29, 0.717) is 0 Å². The van der Waals surface area contributed by atoms with Gasteiger partial charge in [0.05, 0.1) is 12.3 Å². The largest absolute Gasteiger partial charge is 0.467 e. The van der Waals surface area contributed by atoms with E-state index in [1.54, 1.807) is 6.26 Å². The van der Waals surface area contributed by atoms with Crippen molar-refractivity contribution < 1.29 is 9.21 Å². The third-order valence-electron chi connectivity index (χ3n) is 3.29. The minimum Gasteiger partial charge on any atom is -0.467 e. The van der Waals surface area contributed by atoms with Gasteiger partial charge in [0, 0.05) is 17.3 Å². The van der Waals surface area contributed by atoms with Crippen LogP contribution in [0, 0.1) is 5.92 Å². The van der Waals surface area contributed by atoms with E-state index in [4.69, 9.17) is 4.42 Å². The highest BCUT2D eigenvalue weighted by atomic mass is 16.3. The molecule has 2 rings (SSSR count). The van der Waals surface area contributed by atoms with Crippen molar-refractivity contribution in [3.8, 4) is 0 Å². The summed E-state index contributed by atoms with van der Waals surface area (Å²) in [5, 5.41) is 6.33. The summed E-state index contributed by atoms with van der Waals surface area (Å²) in [6.45, 7) is 5.85. The van der Waals surface area contributed by atoms with Gasteiger partial charge in [-0.3, -0.25) is 4.79 Å². The molecular weight excluding hydrogens is 264 g/mol. The maximum Gasteiger partial charge on any atom is 0.226 e. The van der Waals surface area contributed by atoms with Crippen molar-refractivity contribution in [2.75, 3.05) is 10.6 Å². The molecule has 0 bridgehead atoms. The molecule has 112 valence electrons. The van der Waals surface area contributed by atoms with E-state index in [1.807, 2.05) is 50.2 Å². The van der Waals surface area contributed by atoms with Crippen LogP contribution in [-0.2, 0) is 4.79 Å². The van der Waals surface area contributed by atoms with E-state index in [0.717, 1.165) is 23.6 Å². The summed E-state index contributed by atoms with van der Waals surface area (Å²) < 4.78 is 5.45. The van der Waals surface area contributed by atoms with Gasteiger partial charge in [0.1, 0.15) is 5.76 Å². The van der Waals surface area contributed by atoms with Crippen LogP contribution in [0.1, 0.15) is 39.0 Å². The lowest BCUT2D eigenvalue weighted by atomic mass is 10.1. The molecule has 0 saturated carbocycles. The fourth-order valence-corrected chi connectivity index (χ4v) is 2.04. The Bertz CT molecular complexity index is 576. The Balaban J connectivity index is 2.08. The van der Waals surface area contributed by atoms with Crippen molar-refractivity contribution in [3.63, 3.8) is 0 Å². The van der Waals surface area contributed by atoms with E-state index < -0.39 is 0 Å². The minimum atomic E-state index is -0.0341. The highest BCUT2D eigenvalue weighted by Crippen LogP contribution is 2.24. The van der Waals surface area contributed by atoms with Gasteiger partial charge < -0.3 is 15.1 Å². The molecule has 0 radical (unpaired) electrons. The summed E-state index contributed by atoms with van der Waals surface area (Å²) in [6.07, 6.45) is 2.59. The first-order chi connectivity index (χ1) is 10.1. The van der Waals surface area contributed by atoms with Crippen LogP contribution in [0.25, 0.3) is 0 Å². The predicted molar refractivity (Wildman–Crippen MR) is 85.3 cm³/mol. The van der Waals surface area contributed by atoms with Crippen molar-refractivity contribution in [3.05, 3.63) is 48.4 Å². The number of rotatable bonds is 6. The number of hydrogen-bond acceptors (Lipinski definition) is 3. The smallest absolute Gasteiger partial charge is 0.226 e. The first-order valence-electron chi connectivity index (χ1n) is 7.31. The highest BCUT2D eigenvalue weighted by molar-refractivity contribution is 5.92. The first kappa shape index (κ1) is 15.2. The van der Waals surface area contributed by atoms with Crippen LogP contribution in [0.2, 0.25) is 0 Å². The number of hydrogen-bond donors (Lipinski definition) is 2. The molecule has 0 spiro atoms. The second kappa shape index (κ2) is 6.97. The van der Waals surface area contributed by atoms with Crippen molar-refractivity contribution in [2.24, 2.45) is 5.92 Å². The molecule has 1 amide bonds. The van der Waals surface area contributed by atoms with E-state index >= 15 is 0 Å². The Hall–Kier alpha value is -2.23. The summed E-state index contributed by atoms with van der Waals surface area (Å²) in [5.41, 5.74) is 1.76. The normalized spacial score (nSPS) is 12.2. The van der Waals surface area contributed by atoms with Gasteiger partial charge in [-0.05, 0) is 36.8 Å². The molecule has 4 nitrogen and oxygen atoms in total. The Labute approximate surface area is 125 Å².